The van der Waals surface area contributed by atoms with Gasteiger partial charge in [0.15, 0.2) is 0 Å². The molecular formula is C25H29F10N5O6. The fraction of sp³-hybridized carbons (Fsp3) is 0.520. The van der Waals surface area contributed by atoms with Crippen molar-refractivity contribution in [2.75, 3.05) is 39.8 Å². The second-order valence-corrected chi connectivity index (χ2v) is 9.67. The first-order chi connectivity index (χ1) is 21.0. The molecule has 21 heteroatoms. The number of benzene rings is 1. The number of hydrogen-bond donors (Lipinski definition) is 3. The van der Waals surface area contributed by atoms with E-state index in [4.69, 9.17) is 34.7 Å². The molecule has 3 heterocycles. The van der Waals surface area contributed by atoms with Gasteiger partial charge in [-0.1, -0.05) is 12.1 Å². The minimum atomic E-state index is -5.08. The number of carboxylic acid groups (broad SMARTS) is 3. The van der Waals surface area contributed by atoms with Gasteiger partial charge in [-0.15, -0.1) is 0 Å². The number of nitrogens with zero attached hydrogens (tertiary/aromatic N) is 5. The van der Waals surface area contributed by atoms with Crippen LogP contribution < -0.4 is 0 Å². The maximum Gasteiger partial charge on any atom is 0.490 e. The topological polar surface area (TPSA) is 139 Å². The van der Waals surface area contributed by atoms with Crippen LogP contribution in [0.2, 0.25) is 0 Å². The average Bonchev–Trinajstić information content (AvgIpc) is 3.32. The summed E-state index contributed by atoms with van der Waals surface area (Å²) in [5.41, 5.74) is 2.34. The van der Waals surface area contributed by atoms with Gasteiger partial charge in [0.2, 0.25) is 0 Å². The highest BCUT2D eigenvalue weighted by Crippen LogP contribution is 2.18. The molecule has 1 aromatic carbocycles. The van der Waals surface area contributed by atoms with E-state index < -0.39 is 36.4 Å². The van der Waals surface area contributed by atoms with Crippen LogP contribution in [0.3, 0.4) is 0 Å². The van der Waals surface area contributed by atoms with E-state index in [1.165, 1.54) is 17.8 Å². The quantitative estimate of drug-likeness (QED) is 0.409. The molecule has 4 rings (SSSR count). The molecule has 46 heavy (non-hydrogen) atoms. The third-order valence-corrected chi connectivity index (χ3v) is 5.96. The summed E-state index contributed by atoms with van der Waals surface area (Å²) in [6, 6.07) is 6.81. The molecule has 0 spiro atoms. The number of likely N-dealkylation sites (N-methyl/N-ethyl adjacent to an activating group) is 1. The summed E-state index contributed by atoms with van der Waals surface area (Å²) < 4.78 is 111. The van der Waals surface area contributed by atoms with Gasteiger partial charge in [-0.25, -0.2) is 23.8 Å². The molecule has 1 aromatic heterocycles. The second-order valence-electron chi connectivity index (χ2n) is 9.67. The summed E-state index contributed by atoms with van der Waals surface area (Å²) in [5.74, 6) is -7.29. The van der Waals surface area contributed by atoms with E-state index >= 15 is 0 Å². The number of aromatic nitrogens is 2. The zero-order valence-electron chi connectivity index (χ0n) is 23.8. The summed E-state index contributed by atoms with van der Waals surface area (Å²) in [6.45, 7) is 9.16. The predicted molar refractivity (Wildman–Crippen MR) is 137 cm³/mol. The van der Waals surface area contributed by atoms with E-state index in [0.717, 1.165) is 70.3 Å². The van der Waals surface area contributed by atoms with Crippen LogP contribution >= 0.6 is 0 Å². The minimum Gasteiger partial charge on any atom is -0.475 e. The Morgan fingerprint density at radius 1 is 0.696 bits per heavy atom. The zero-order valence-corrected chi connectivity index (χ0v) is 23.8. The van der Waals surface area contributed by atoms with Crippen molar-refractivity contribution in [3.63, 3.8) is 0 Å². The summed E-state index contributed by atoms with van der Waals surface area (Å²) >= 11 is 0. The lowest BCUT2D eigenvalue weighted by molar-refractivity contribution is -0.193. The highest BCUT2D eigenvalue weighted by molar-refractivity contribution is 5.73. The summed E-state index contributed by atoms with van der Waals surface area (Å²) in [5, 5.41) is 21.4. The fourth-order valence-corrected chi connectivity index (χ4v) is 3.66. The molecule has 260 valence electrons. The molecule has 0 atom stereocenters. The first kappa shape index (κ1) is 40.0. The molecule has 2 aromatic rings. The van der Waals surface area contributed by atoms with E-state index in [1.54, 1.807) is 0 Å². The lowest BCUT2D eigenvalue weighted by Gasteiger charge is -2.31. The highest BCUT2D eigenvalue weighted by atomic mass is 19.4. The van der Waals surface area contributed by atoms with Crippen LogP contribution in [0, 0.1) is 5.82 Å². The molecule has 0 saturated carbocycles. The maximum absolute atomic E-state index is 13.0. The third-order valence-electron chi connectivity index (χ3n) is 5.96. The van der Waals surface area contributed by atoms with Gasteiger partial charge >= 0.3 is 36.4 Å². The van der Waals surface area contributed by atoms with E-state index in [2.05, 4.69) is 32.5 Å². The number of imidazole rings is 1. The highest BCUT2D eigenvalue weighted by Gasteiger charge is 2.39. The van der Waals surface area contributed by atoms with Gasteiger partial charge in [-0.2, -0.15) is 39.5 Å². The Labute approximate surface area is 254 Å². The zero-order chi connectivity index (χ0) is 35.5. The minimum absolute atomic E-state index is 0.175. The number of piperazine rings is 1. The van der Waals surface area contributed by atoms with Gasteiger partial charge in [-0.05, 0) is 24.7 Å². The Morgan fingerprint density at radius 3 is 1.52 bits per heavy atom. The van der Waals surface area contributed by atoms with Crippen LogP contribution in [0.15, 0.2) is 30.5 Å². The van der Waals surface area contributed by atoms with E-state index in [-0.39, 0.29) is 5.82 Å². The van der Waals surface area contributed by atoms with Crippen molar-refractivity contribution in [1.82, 2.24) is 24.3 Å². The molecule has 0 radical (unpaired) electrons. The summed E-state index contributed by atoms with van der Waals surface area (Å²) in [6.07, 6.45) is -13.0. The van der Waals surface area contributed by atoms with Gasteiger partial charge in [-0.3, -0.25) is 9.80 Å². The molecule has 0 unspecified atom stereocenters. The molecule has 2 aliphatic rings. The van der Waals surface area contributed by atoms with Crippen molar-refractivity contribution in [3.8, 4) is 0 Å². The van der Waals surface area contributed by atoms with E-state index in [9.17, 15) is 43.9 Å². The number of fused-ring (bicyclic) bond motifs is 1. The number of carbonyl (C=O) groups is 3. The van der Waals surface area contributed by atoms with Crippen LogP contribution in [-0.4, -0.2) is 116 Å². The van der Waals surface area contributed by atoms with Gasteiger partial charge in [0.25, 0.3) is 0 Å². The Balaban J connectivity index is 0.000000413. The smallest absolute Gasteiger partial charge is 0.475 e. The summed E-state index contributed by atoms with van der Waals surface area (Å²) in [4.78, 5) is 38.8. The fourth-order valence-electron chi connectivity index (χ4n) is 3.66. The first-order valence-electron chi connectivity index (χ1n) is 12.8. The van der Waals surface area contributed by atoms with Crippen LogP contribution in [0.25, 0.3) is 0 Å². The van der Waals surface area contributed by atoms with E-state index in [1.807, 2.05) is 12.1 Å². The van der Waals surface area contributed by atoms with Crippen molar-refractivity contribution in [2.24, 2.45) is 0 Å². The molecule has 1 saturated heterocycles. The van der Waals surface area contributed by atoms with E-state index in [0.29, 0.717) is 0 Å². The number of rotatable bonds is 4. The molecule has 3 N–H and O–H groups in total. The van der Waals surface area contributed by atoms with Gasteiger partial charge in [0, 0.05) is 58.6 Å². The Bertz CT molecular complexity index is 1220. The second kappa shape index (κ2) is 17.1. The number of alkyl halides is 9. The number of carboxylic acids is 3. The Kier molecular flexibility index (Phi) is 14.9. The van der Waals surface area contributed by atoms with Crippen LogP contribution in [0.5, 0.6) is 0 Å². The molecule has 1 fully saturated rings. The van der Waals surface area contributed by atoms with Crippen molar-refractivity contribution in [2.45, 2.75) is 44.7 Å². The van der Waals surface area contributed by atoms with Gasteiger partial charge in [0.1, 0.15) is 11.6 Å². The predicted octanol–water partition coefficient (Wildman–Crippen LogP) is 3.69. The van der Waals surface area contributed by atoms with Crippen molar-refractivity contribution in [1.29, 1.82) is 0 Å². The molecule has 0 bridgehead atoms. The standard InChI is InChI=1S/C19H26FN5.3C2HF3O2/c1-22-6-8-23(9-7-22)13-18-14-25-11-10-24(15-19(25)21-18)12-16-2-4-17(20)5-3-16;3*3-2(4,5)1(6)7/h2-5,14H,6-13,15H2,1H3;3*(H,6,7). The maximum atomic E-state index is 13.0. The number of halogens is 10. The van der Waals surface area contributed by atoms with Crippen molar-refractivity contribution >= 4 is 17.9 Å². The normalized spacial score (nSPS) is 16.0. The van der Waals surface area contributed by atoms with Gasteiger partial charge < -0.3 is 24.8 Å². The molecule has 2 aliphatic heterocycles. The number of hydrogen-bond acceptors (Lipinski definition) is 7. The van der Waals surface area contributed by atoms with Crippen molar-refractivity contribution < 1.29 is 73.6 Å². The molecule has 0 amide bonds. The Morgan fingerprint density at radius 2 is 1.11 bits per heavy atom. The lowest BCUT2D eigenvalue weighted by atomic mass is 10.2. The average molecular weight is 686 g/mol. The number of aliphatic carboxylic acids is 3. The van der Waals surface area contributed by atoms with Crippen LogP contribution in [-0.2, 0) is 40.6 Å². The first-order valence-corrected chi connectivity index (χ1v) is 12.8. The molecule has 11 nitrogen and oxygen atoms in total. The molecule has 0 aliphatic carbocycles. The Hall–Kier alpha value is -3.98. The van der Waals surface area contributed by atoms with Crippen LogP contribution in [0.4, 0.5) is 43.9 Å². The SMILES string of the molecule is CN1CCN(Cc2cn3c(n2)CN(Cc2ccc(F)cc2)CC3)CC1.O=C(O)C(F)(F)F.O=C(O)C(F)(F)F.O=C(O)C(F)(F)F. The van der Waals surface area contributed by atoms with Crippen molar-refractivity contribution in [3.05, 3.63) is 53.4 Å². The van der Waals surface area contributed by atoms with Gasteiger partial charge in [0.05, 0.1) is 12.2 Å². The third kappa shape index (κ3) is 15.3. The summed E-state index contributed by atoms with van der Waals surface area (Å²) in [7, 11) is 2.18. The monoisotopic (exact) mass is 685 g/mol. The lowest BCUT2D eigenvalue weighted by Crippen LogP contribution is -2.43. The van der Waals surface area contributed by atoms with Crippen LogP contribution in [0.1, 0.15) is 17.1 Å². The largest absolute Gasteiger partial charge is 0.490 e. The molecular weight excluding hydrogens is 656 g/mol.